The van der Waals surface area contributed by atoms with E-state index in [1.54, 1.807) is 7.11 Å². The molecule has 0 aliphatic rings. The molecule has 2 aromatic rings. The van der Waals surface area contributed by atoms with Gasteiger partial charge in [0, 0.05) is 11.6 Å². The van der Waals surface area contributed by atoms with Crippen LogP contribution in [0.2, 0.25) is 0 Å². The molecule has 0 bridgehead atoms. The third-order valence-electron chi connectivity index (χ3n) is 2.27. The third kappa shape index (κ3) is 3.24. The van der Waals surface area contributed by atoms with Gasteiger partial charge in [-0.2, -0.15) is 4.57 Å². The Kier molecular flexibility index (Phi) is 4.80. The summed E-state index contributed by atoms with van der Waals surface area (Å²) >= 11 is 0. The maximum absolute atomic E-state index is 5.17. The van der Waals surface area contributed by atoms with Gasteiger partial charge in [-0.1, -0.05) is 30.3 Å². The first-order chi connectivity index (χ1) is 7.38. The van der Waals surface area contributed by atoms with Crippen LogP contribution in [0.4, 0.5) is 0 Å². The summed E-state index contributed by atoms with van der Waals surface area (Å²) in [6.45, 7) is 0.873. The molecule has 3 heteroatoms. The van der Waals surface area contributed by atoms with Gasteiger partial charge < -0.3 is 17.1 Å². The number of benzene rings is 1. The Balaban J connectivity index is 0.00000128. The third-order valence-corrected chi connectivity index (χ3v) is 2.27. The van der Waals surface area contributed by atoms with Crippen LogP contribution in [-0.4, -0.2) is 7.11 Å². The van der Waals surface area contributed by atoms with Crippen LogP contribution in [0.15, 0.2) is 54.9 Å². The Morgan fingerprint density at radius 3 is 2.50 bits per heavy atom. The van der Waals surface area contributed by atoms with E-state index >= 15 is 0 Å². The molecule has 2 rings (SSSR count). The average Bonchev–Trinajstić information content (AvgIpc) is 2.31. The molecular weight excluding hydrogens is 222 g/mol. The van der Waals surface area contributed by atoms with Crippen molar-refractivity contribution in [2.24, 2.45) is 0 Å². The fourth-order valence-electron chi connectivity index (χ4n) is 1.51. The van der Waals surface area contributed by atoms with Crippen LogP contribution in [0, 0.1) is 0 Å². The standard InChI is InChI=1S/C13H14NO.ClH/c1-15-13-8-5-9-14(11-13)10-12-6-3-2-4-7-12;/h2-9,11H,10H2,1H3;1H/q+1;/p-1. The first kappa shape index (κ1) is 12.5. The molecule has 1 heterocycles. The van der Waals surface area contributed by atoms with Crippen LogP contribution in [0.3, 0.4) is 0 Å². The van der Waals surface area contributed by atoms with Crippen LogP contribution >= 0.6 is 0 Å². The molecule has 0 saturated carbocycles. The van der Waals surface area contributed by atoms with Crippen molar-refractivity contribution in [2.45, 2.75) is 6.54 Å². The lowest BCUT2D eigenvalue weighted by Gasteiger charge is -1.99. The lowest BCUT2D eigenvalue weighted by molar-refractivity contribution is -0.688. The highest BCUT2D eigenvalue weighted by atomic mass is 35.5. The van der Waals surface area contributed by atoms with Crippen molar-refractivity contribution in [3.8, 4) is 5.75 Å². The molecule has 0 unspecified atom stereocenters. The van der Waals surface area contributed by atoms with Crippen molar-refractivity contribution in [2.75, 3.05) is 7.11 Å². The minimum Gasteiger partial charge on any atom is -1.00 e. The fraction of sp³-hybridized carbons (Fsp3) is 0.154. The number of pyridine rings is 1. The largest absolute Gasteiger partial charge is 1.00 e. The highest BCUT2D eigenvalue weighted by Gasteiger charge is 2.03. The minimum absolute atomic E-state index is 0. The van der Waals surface area contributed by atoms with Crippen molar-refractivity contribution in [3.05, 3.63) is 60.4 Å². The Morgan fingerprint density at radius 1 is 1.06 bits per heavy atom. The van der Waals surface area contributed by atoms with Gasteiger partial charge in [-0.3, -0.25) is 0 Å². The summed E-state index contributed by atoms with van der Waals surface area (Å²) < 4.78 is 7.28. The number of rotatable bonds is 3. The lowest BCUT2D eigenvalue weighted by Crippen LogP contribution is -3.00. The van der Waals surface area contributed by atoms with Crippen molar-refractivity contribution in [1.82, 2.24) is 0 Å². The monoisotopic (exact) mass is 235 g/mol. The molecule has 0 N–H and O–H groups in total. The van der Waals surface area contributed by atoms with Gasteiger partial charge in [0.05, 0.1) is 7.11 Å². The average molecular weight is 236 g/mol. The van der Waals surface area contributed by atoms with E-state index in [4.69, 9.17) is 4.74 Å². The van der Waals surface area contributed by atoms with Gasteiger partial charge in [0.15, 0.2) is 18.5 Å². The maximum Gasteiger partial charge on any atom is 0.211 e. The molecule has 0 atom stereocenters. The van der Waals surface area contributed by atoms with Crippen LogP contribution < -0.4 is 21.7 Å². The summed E-state index contributed by atoms with van der Waals surface area (Å²) in [6, 6.07) is 14.3. The van der Waals surface area contributed by atoms with Gasteiger partial charge >= 0.3 is 0 Å². The van der Waals surface area contributed by atoms with Crippen LogP contribution in [-0.2, 0) is 6.54 Å². The van der Waals surface area contributed by atoms with Gasteiger partial charge in [0.1, 0.15) is 0 Å². The fourth-order valence-corrected chi connectivity index (χ4v) is 1.51. The highest BCUT2D eigenvalue weighted by Crippen LogP contribution is 2.04. The minimum atomic E-state index is 0. The van der Waals surface area contributed by atoms with Gasteiger partial charge in [0.2, 0.25) is 6.20 Å². The molecule has 0 amide bonds. The quantitative estimate of drug-likeness (QED) is 0.625. The second kappa shape index (κ2) is 6.13. The smallest absolute Gasteiger partial charge is 0.211 e. The summed E-state index contributed by atoms with van der Waals surface area (Å²) in [6.07, 6.45) is 4.03. The number of ether oxygens (including phenoxy) is 1. The van der Waals surface area contributed by atoms with Gasteiger partial charge in [-0.25, -0.2) is 0 Å². The number of hydrogen-bond donors (Lipinski definition) is 0. The Morgan fingerprint density at radius 2 is 1.81 bits per heavy atom. The zero-order chi connectivity index (χ0) is 10.5. The van der Waals surface area contributed by atoms with Crippen molar-refractivity contribution >= 4 is 0 Å². The molecule has 84 valence electrons. The van der Waals surface area contributed by atoms with E-state index in [0.717, 1.165) is 12.3 Å². The molecule has 1 aromatic heterocycles. The van der Waals surface area contributed by atoms with E-state index in [9.17, 15) is 0 Å². The Hall–Kier alpha value is -1.54. The number of hydrogen-bond acceptors (Lipinski definition) is 1. The molecule has 0 aliphatic heterocycles. The van der Waals surface area contributed by atoms with Gasteiger partial charge in [0.25, 0.3) is 0 Å². The molecule has 1 aromatic carbocycles. The first-order valence-corrected chi connectivity index (χ1v) is 4.95. The lowest BCUT2D eigenvalue weighted by atomic mass is 10.2. The van der Waals surface area contributed by atoms with Gasteiger partial charge in [-0.05, 0) is 6.07 Å². The Labute approximate surface area is 102 Å². The molecule has 0 radical (unpaired) electrons. The van der Waals surface area contributed by atoms with Crippen molar-refractivity contribution in [1.29, 1.82) is 0 Å². The number of aromatic nitrogens is 1. The summed E-state index contributed by atoms with van der Waals surface area (Å²) in [4.78, 5) is 0. The van der Waals surface area contributed by atoms with Crippen molar-refractivity contribution < 1.29 is 21.7 Å². The maximum atomic E-state index is 5.17. The highest BCUT2D eigenvalue weighted by molar-refractivity contribution is 5.14. The van der Waals surface area contributed by atoms with Gasteiger partial charge in [-0.15, -0.1) is 0 Å². The number of nitrogens with zero attached hydrogens (tertiary/aromatic N) is 1. The van der Waals surface area contributed by atoms with Crippen molar-refractivity contribution in [3.63, 3.8) is 0 Å². The van der Waals surface area contributed by atoms with E-state index in [0.29, 0.717) is 0 Å². The summed E-state index contributed by atoms with van der Waals surface area (Å²) in [7, 11) is 1.68. The van der Waals surface area contributed by atoms with Crippen LogP contribution in [0.1, 0.15) is 5.56 Å². The second-order valence-corrected chi connectivity index (χ2v) is 3.40. The van der Waals surface area contributed by atoms with E-state index in [1.807, 2.05) is 30.6 Å². The molecule has 0 fully saturated rings. The SMILES string of the molecule is COc1ccc[n+](Cc2ccccc2)c1.[Cl-]. The zero-order valence-electron chi connectivity index (χ0n) is 9.14. The summed E-state index contributed by atoms with van der Waals surface area (Å²) in [5.74, 6) is 0.883. The molecule has 0 saturated heterocycles. The van der Waals surface area contributed by atoms with E-state index in [1.165, 1.54) is 5.56 Å². The predicted octanol–water partition coefficient (Wildman–Crippen LogP) is -0.965. The molecular formula is C13H14ClNO. The van der Waals surface area contributed by atoms with E-state index in [2.05, 4.69) is 28.8 Å². The number of halogens is 1. The second-order valence-electron chi connectivity index (χ2n) is 3.40. The summed E-state index contributed by atoms with van der Waals surface area (Å²) in [5, 5.41) is 0. The zero-order valence-corrected chi connectivity index (χ0v) is 9.89. The first-order valence-electron chi connectivity index (χ1n) is 4.95. The normalized spacial score (nSPS) is 9.31. The van der Waals surface area contributed by atoms with Crippen LogP contribution in [0.25, 0.3) is 0 Å². The van der Waals surface area contributed by atoms with E-state index < -0.39 is 0 Å². The topological polar surface area (TPSA) is 13.1 Å². The molecule has 0 spiro atoms. The number of methoxy groups -OCH3 is 1. The Bertz CT molecular complexity index is 431. The summed E-state index contributed by atoms with van der Waals surface area (Å²) in [5.41, 5.74) is 1.29. The van der Waals surface area contributed by atoms with E-state index in [-0.39, 0.29) is 12.4 Å². The van der Waals surface area contributed by atoms with Crippen LogP contribution in [0.5, 0.6) is 5.75 Å². The molecule has 2 nitrogen and oxygen atoms in total. The predicted molar refractivity (Wildman–Crippen MR) is 58.7 cm³/mol. The molecule has 16 heavy (non-hydrogen) atoms. The molecule has 0 aliphatic carbocycles.